The summed E-state index contributed by atoms with van der Waals surface area (Å²) in [5.74, 6) is -0.287. The van der Waals surface area contributed by atoms with Gasteiger partial charge in [0.1, 0.15) is 0 Å². The molecular formula is C18H18N2O2. The van der Waals surface area contributed by atoms with Crippen LogP contribution in [0.5, 0.6) is 0 Å². The molecule has 1 saturated carbocycles. The summed E-state index contributed by atoms with van der Waals surface area (Å²) in [5, 5.41) is 5.79. The Kier molecular flexibility index (Phi) is 4.19. The lowest BCUT2D eigenvalue weighted by atomic mass is 10.1. The molecule has 2 aromatic rings. The van der Waals surface area contributed by atoms with Crippen LogP contribution >= 0.6 is 0 Å². The van der Waals surface area contributed by atoms with Gasteiger partial charge in [0.2, 0.25) is 0 Å². The van der Waals surface area contributed by atoms with Gasteiger partial charge in [0.15, 0.2) is 0 Å². The van der Waals surface area contributed by atoms with Crippen molar-refractivity contribution >= 4 is 11.8 Å². The summed E-state index contributed by atoms with van der Waals surface area (Å²) >= 11 is 0. The monoisotopic (exact) mass is 294 g/mol. The third kappa shape index (κ3) is 3.73. The van der Waals surface area contributed by atoms with E-state index in [-0.39, 0.29) is 11.8 Å². The van der Waals surface area contributed by atoms with Crippen molar-refractivity contribution in [3.63, 3.8) is 0 Å². The summed E-state index contributed by atoms with van der Waals surface area (Å²) in [6, 6.07) is 16.8. The Morgan fingerprint density at radius 3 is 2.27 bits per heavy atom. The second kappa shape index (κ2) is 6.43. The average molecular weight is 294 g/mol. The molecule has 1 fully saturated rings. The predicted molar refractivity (Wildman–Crippen MR) is 84.5 cm³/mol. The van der Waals surface area contributed by atoms with Crippen LogP contribution in [0.25, 0.3) is 0 Å². The first kappa shape index (κ1) is 14.3. The Balaban J connectivity index is 1.63. The number of hydrogen-bond acceptors (Lipinski definition) is 2. The van der Waals surface area contributed by atoms with Crippen molar-refractivity contribution in [2.45, 2.75) is 25.4 Å². The van der Waals surface area contributed by atoms with Gasteiger partial charge < -0.3 is 10.6 Å². The van der Waals surface area contributed by atoms with Crippen molar-refractivity contribution in [1.29, 1.82) is 0 Å². The van der Waals surface area contributed by atoms with Crippen LogP contribution in [-0.4, -0.2) is 17.9 Å². The zero-order valence-corrected chi connectivity index (χ0v) is 12.2. The van der Waals surface area contributed by atoms with E-state index in [9.17, 15) is 9.59 Å². The van der Waals surface area contributed by atoms with E-state index in [1.807, 2.05) is 30.3 Å². The van der Waals surface area contributed by atoms with Gasteiger partial charge in [0.25, 0.3) is 11.8 Å². The van der Waals surface area contributed by atoms with Gasteiger partial charge in [-0.05, 0) is 36.6 Å². The first-order chi connectivity index (χ1) is 10.7. The lowest BCUT2D eigenvalue weighted by Gasteiger charge is -2.07. The second-order valence-electron chi connectivity index (χ2n) is 5.50. The van der Waals surface area contributed by atoms with Crippen LogP contribution in [0, 0.1) is 0 Å². The third-order valence-electron chi connectivity index (χ3n) is 3.60. The molecule has 4 heteroatoms. The summed E-state index contributed by atoms with van der Waals surface area (Å²) in [5.41, 5.74) is 2.07. The molecule has 0 saturated heterocycles. The molecule has 3 rings (SSSR count). The highest BCUT2D eigenvalue weighted by Crippen LogP contribution is 2.19. The number of nitrogens with one attached hydrogen (secondary N) is 2. The molecule has 2 N–H and O–H groups in total. The van der Waals surface area contributed by atoms with Gasteiger partial charge >= 0.3 is 0 Å². The minimum absolute atomic E-state index is 0.111. The molecule has 0 aliphatic heterocycles. The standard InChI is InChI=1S/C18H18N2O2/c21-17(19-12-13-5-2-1-3-6-13)14-7-4-8-15(11-14)18(22)20-16-9-10-16/h1-8,11,16H,9-10,12H2,(H,19,21)(H,20,22). The van der Waals surface area contributed by atoms with E-state index in [2.05, 4.69) is 10.6 Å². The summed E-state index contributed by atoms with van der Waals surface area (Å²) in [6.07, 6.45) is 2.09. The van der Waals surface area contributed by atoms with Crippen LogP contribution in [0.15, 0.2) is 54.6 Å². The average Bonchev–Trinajstić information content (AvgIpc) is 3.37. The minimum Gasteiger partial charge on any atom is -0.349 e. The van der Waals surface area contributed by atoms with Crippen LogP contribution in [0.2, 0.25) is 0 Å². The smallest absolute Gasteiger partial charge is 0.251 e. The Morgan fingerprint density at radius 2 is 1.59 bits per heavy atom. The molecule has 0 heterocycles. The maximum atomic E-state index is 12.2. The van der Waals surface area contributed by atoms with Crippen molar-refractivity contribution in [2.75, 3.05) is 0 Å². The lowest BCUT2D eigenvalue weighted by molar-refractivity contribution is 0.0950. The molecule has 2 amide bonds. The van der Waals surface area contributed by atoms with Crippen molar-refractivity contribution in [2.24, 2.45) is 0 Å². The highest BCUT2D eigenvalue weighted by Gasteiger charge is 2.24. The summed E-state index contributed by atoms with van der Waals surface area (Å²) in [7, 11) is 0. The zero-order valence-electron chi connectivity index (χ0n) is 12.2. The SMILES string of the molecule is O=C(NCc1ccccc1)c1cccc(C(=O)NC2CC2)c1. The number of rotatable bonds is 5. The molecule has 2 aromatic carbocycles. The Bertz CT molecular complexity index is 678. The molecule has 1 aliphatic rings. The van der Waals surface area contributed by atoms with E-state index >= 15 is 0 Å². The van der Waals surface area contributed by atoms with Crippen LogP contribution in [0.3, 0.4) is 0 Å². The molecule has 112 valence electrons. The number of carbonyl (C=O) groups is 2. The number of hydrogen-bond donors (Lipinski definition) is 2. The van der Waals surface area contributed by atoms with E-state index in [1.165, 1.54) is 0 Å². The molecule has 0 aromatic heterocycles. The third-order valence-corrected chi connectivity index (χ3v) is 3.60. The fourth-order valence-electron chi connectivity index (χ4n) is 2.18. The number of amides is 2. The summed E-state index contributed by atoms with van der Waals surface area (Å²) in [4.78, 5) is 24.2. The second-order valence-corrected chi connectivity index (χ2v) is 5.50. The maximum Gasteiger partial charge on any atom is 0.251 e. The van der Waals surface area contributed by atoms with E-state index in [0.717, 1.165) is 18.4 Å². The number of carbonyl (C=O) groups excluding carboxylic acids is 2. The van der Waals surface area contributed by atoms with Gasteiger partial charge in [-0.1, -0.05) is 36.4 Å². The molecule has 22 heavy (non-hydrogen) atoms. The van der Waals surface area contributed by atoms with Gasteiger partial charge in [-0.2, -0.15) is 0 Å². The molecule has 0 radical (unpaired) electrons. The topological polar surface area (TPSA) is 58.2 Å². The Morgan fingerprint density at radius 1 is 0.909 bits per heavy atom. The quantitative estimate of drug-likeness (QED) is 0.890. The van der Waals surface area contributed by atoms with Crippen molar-refractivity contribution in [3.8, 4) is 0 Å². The van der Waals surface area contributed by atoms with Crippen molar-refractivity contribution in [3.05, 3.63) is 71.3 Å². The minimum atomic E-state index is -0.176. The number of benzene rings is 2. The van der Waals surface area contributed by atoms with Crippen LogP contribution < -0.4 is 10.6 Å². The fourth-order valence-corrected chi connectivity index (χ4v) is 2.18. The van der Waals surface area contributed by atoms with Gasteiger partial charge in [0.05, 0.1) is 0 Å². The van der Waals surface area contributed by atoms with Crippen LogP contribution in [-0.2, 0) is 6.54 Å². The summed E-state index contributed by atoms with van der Waals surface area (Å²) < 4.78 is 0. The normalized spacial score (nSPS) is 13.5. The van der Waals surface area contributed by atoms with E-state index in [1.54, 1.807) is 24.3 Å². The van der Waals surface area contributed by atoms with Gasteiger partial charge in [-0.15, -0.1) is 0 Å². The Hall–Kier alpha value is -2.62. The largest absolute Gasteiger partial charge is 0.349 e. The van der Waals surface area contributed by atoms with Crippen molar-refractivity contribution in [1.82, 2.24) is 10.6 Å². The highest BCUT2D eigenvalue weighted by molar-refractivity contribution is 5.99. The molecule has 4 nitrogen and oxygen atoms in total. The Labute approximate surface area is 129 Å². The molecule has 1 aliphatic carbocycles. The molecule has 0 atom stereocenters. The first-order valence-corrected chi connectivity index (χ1v) is 7.45. The predicted octanol–water partition coefficient (Wildman–Crippen LogP) is 2.51. The van der Waals surface area contributed by atoms with E-state index < -0.39 is 0 Å². The van der Waals surface area contributed by atoms with Gasteiger partial charge in [0, 0.05) is 23.7 Å². The van der Waals surface area contributed by atoms with E-state index in [4.69, 9.17) is 0 Å². The van der Waals surface area contributed by atoms with Gasteiger partial charge in [-0.25, -0.2) is 0 Å². The lowest BCUT2D eigenvalue weighted by Crippen LogP contribution is -2.26. The summed E-state index contributed by atoms with van der Waals surface area (Å²) in [6.45, 7) is 0.470. The first-order valence-electron chi connectivity index (χ1n) is 7.45. The molecular weight excluding hydrogens is 276 g/mol. The van der Waals surface area contributed by atoms with Crippen molar-refractivity contribution < 1.29 is 9.59 Å². The van der Waals surface area contributed by atoms with Crippen LogP contribution in [0.1, 0.15) is 39.1 Å². The fraction of sp³-hybridized carbons (Fsp3) is 0.222. The maximum absolute atomic E-state index is 12.2. The van der Waals surface area contributed by atoms with Gasteiger partial charge in [-0.3, -0.25) is 9.59 Å². The van der Waals surface area contributed by atoms with Crippen LogP contribution in [0.4, 0.5) is 0 Å². The molecule has 0 bridgehead atoms. The highest BCUT2D eigenvalue weighted by atomic mass is 16.2. The molecule has 0 spiro atoms. The zero-order chi connectivity index (χ0) is 15.4. The molecule has 0 unspecified atom stereocenters. The van der Waals surface area contributed by atoms with E-state index in [0.29, 0.717) is 23.7 Å².